The van der Waals surface area contributed by atoms with Crippen molar-refractivity contribution in [2.45, 2.75) is 31.7 Å². The average molecular weight is 199 g/mol. The van der Waals surface area contributed by atoms with E-state index < -0.39 is 0 Å². The van der Waals surface area contributed by atoms with E-state index in [1.165, 1.54) is 12.8 Å². The Morgan fingerprint density at radius 3 is 3.00 bits per heavy atom. The van der Waals surface area contributed by atoms with Crippen LogP contribution in [0.3, 0.4) is 0 Å². The first kappa shape index (κ1) is 8.90. The van der Waals surface area contributed by atoms with Crippen LogP contribution in [0.1, 0.15) is 31.1 Å². The smallest absolute Gasteiger partial charge is 0.195 e. The SMILES string of the molecule is OCCCc1n[nH]c(=S)n1C1CC1. The third-order valence-corrected chi connectivity index (χ3v) is 2.54. The Morgan fingerprint density at radius 2 is 2.38 bits per heavy atom. The Morgan fingerprint density at radius 1 is 1.62 bits per heavy atom. The topological polar surface area (TPSA) is 53.8 Å². The molecule has 0 radical (unpaired) electrons. The fraction of sp³-hybridized carbons (Fsp3) is 0.750. The number of H-pyrrole nitrogens is 1. The highest BCUT2D eigenvalue weighted by Gasteiger charge is 2.26. The van der Waals surface area contributed by atoms with Crippen LogP contribution in [0.15, 0.2) is 0 Å². The quantitative estimate of drug-likeness (QED) is 0.716. The van der Waals surface area contributed by atoms with Crippen LogP contribution in [0.2, 0.25) is 0 Å². The summed E-state index contributed by atoms with van der Waals surface area (Å²) >= 11 is 5.12. The van der Waals surface area contributed by atoms with Gasteiger partial charge in [0.25, 0.3) is 0 Å². The van der Waals surface area contributed by atoms with E-state index in [1.807, 2.05) is 0 Å². The van der Waals surface area contributed by atoms with E-state index in [9.17, 15) is 0 Å². The Balaban J connectivity index is 2.18. The van der Waals surface area contributed by atoms with Gasteiger partial charge in [0.1, 0.15) is 5.82 Å². The van der Waals surface area contributed by atoms with Gasteiger partial charge in [-0.15, -0.1) is 0 Å². The Labute approximate surface area is 81.6 Å². The number of hydrogen-bond acceptors (Lipinski definition) is 3. The predicted octanol–water partition coefficient (Wildman–Crippen LogP) is 1.20. The van der Waals surface area contributed by atoms with E-state index in [2.05, 4.69) is 14.8 Å². The fourth-order valence-electron chi connectivity index (χ4n) is 1.46. The van der Waals surface area contributed by atoms with Crippen molar-refractivity contribution in [1.82, 2.24) is 14.8 Å². The Kier molecular flexibility index (Phi) is 2.46. The minimum absolute atomic E-state index is 0.213. The van der Waals surface area contributed by atoms with E-state index in [4.69, 9.17) is 17.3 Å². The molecule has 2 N–H and O–H groups in total. The lowest BCUT2D eigenvalue weighted by atomic mass is 10.3. The molecule has 4 nitrogen and oxygen atoms in total. The van der Waals surface area contributed by atoms with Gasteiger partial charge in [-0.25, -0.2) is 0 Å². The molecule has 1 aliphatic carbocycles. The molecule has 1 heterocycles. The highest BCUT2D eigenvalue weighted by Crippen LogP contribution is 2.35. The van der Waals surface area contributed by atoms with Crippen LogP contribution < -0.4 is 0 Å². The van der Waals surface area contributed by atoms with Crippen molar-refractivity contribution in [2.75, 3.05) is 6.61 Å². The third-order valence-electron chi connectivity index (χ3n) is 2.25. The molecule has 0 amide bonds. The number of aromatic amines is 1. The summed E-state index contributed by atoms with van der Waals surface area (Å²) in [6, 6.07) is 0.569. The fourth-order valence-corrected chi connectivity index (χ4v) is 1.76. The van der Waals surface area contributed by atoms with Crippen molar-refractivity contribution in [3.63, 3.8) is 0 Å². The van der Waals surface area contributed by atoms with Gasteiger partial charge in [0, 0.05) is 19.1 Å². The second-order valence-electron chi connectivity index (χ2n) is 3.37. The van der Waals surface area contributed by atoms with Crippen LogP contribution in [0.5, 0.6) is 0 Å². The molecule has 1 saturated carbocycles. The van der Waals surface area contributed by atoms with Crippen molar-refractivity contribution < 1.29 is 5.11 Å². The number of aryl methyl sites for hydroxylation is 1. The van der Waals surface area contributed by atoms with E-state index in [1.54, 1.807) is 0 Å². The van der Waals surface area contributed by atoms with Crippen molar-refractivity contribution in [1.29, 1.82) is 0 Å². The lowest BCUT2D eigenvalue weighted by Gasteiger charge is -2.02. The largest absolute Gasteiger partial charge is 0.396 e. The lowest BCUT2D eigenvalue weighted by molar-refractivity contribution is 0.286. The molecule has 5 heteroatoms. The second kappa shape index (κ2) is 3.59. The van der Waals surface area contributed by atoms with Crippen molar-refractivity contribution in [3.8, 4) is 0 Å². The maximum absolute atomic E-state index is 8.71. The molecular formula is C8H13N3OS. The predicted molar refractivity (Wildman–Crippen MR) is 51.1 cm³/mol. The molecule has 13 heavy (non-hydrogen) atoms. The van der Waals surface area contributed by atoms with Crippen LogP contribution in [-0.2, 0) is 6.42 Å². The van der Waals surface area contributed by atoms with Gasteiger partial charge in [-0.3, -0.25) is 5.10 Å². The van der Waals surface area contributed by atoms with E-state index in [0.717, 1.165) is 23.4 Å². The summed E-state index contributed by atoms with van der Waals surface area (Å²) in [4.78, 5) is 0. The van der Waals surface area contributed by atoms with Gasteiger partial charge < -0.3 is 9.67 Å². The first-order chi connectivity index (χ1) is 6.33. The molecule has 0 unspecified atom stereocenters. The summed E-state index contributed by atoms with van der Waals surface area (Å²) in [7, 11) is 0. The third kappa shape index (κ3) is 1.81. The summed E-state index contributed by atoms with van der Waals surface area (Å²) in [5.74, 6) is 0.988. The van der Waals surface area contributed by atoms with Crippen molar-refractivity contribution >= 4 is 12.2 Å². The van der Waals surface area contributed by atoms with Gasteiger partial charge >= 0.3 is 0 Å². The van der Waals surface area contributed by atoms with Crippen molar-refractivity contribution in [3.05, 3.63) is 10.6 Å². The standard InChI is InChI=1S/C8H13N3OS/c12-5-1-2-7-9-10-8(13)11(7)6-3-4-6/h6,12H,1-5H2,(H,10,13). The van der Waals surface area contributed by atoms with Crippen molar-refractivity contribution in [2.24, 2.45) is 0 Å². The van der Waals surface area contributed by atoms with Gasteiger partial charge in [-0.2, -0.15) is 5.10 Å². The molecule has 0 spiro atoms. The summed E-state index contributed by atoms with van der Waals surface area (Å²) in [5.41, 5.74) is 0. The number of rotatable bonds is 4. The van der Waals surface area contributed by atoms with E-state index in [0.29, 0.717) is 6.04 Å². The number of nitrogens with one attached hydrogen (secondary N) is 1. The van der Waals surface area contributed by atoms with Gasteiger partial charge in [0.05, 0.1) is 0 Å². The minimum atomic E-state index is 0.213. The number of aliphatic hydroxyl groups is 1. The molecule has 0 saturated heterocycles. The molecule has 0 aromatic carbocycles. The number of hydrogen-bond donors (Lipinski definition) is 2. The summed E-state index contributed by atoms with van der Waals surface area (Å²) in [5, 5.41) is 15.7. The monoisotopic (exact) mass is 199 g/mol. The number of aromatic nitrogens is 3. The van der Waals surface area contributed by atoms with E-state index >= 15 is 0 Å². The van der Waals surface area contributed by atoms with Crippen LogP contribution >= 0.6 is 12.2 Å². The molecule has 0 aliphatic heterocycles. The molecule has 1 aliphatic rings. The number of aliphatic hydroxyl groups excluding tert-OH is 1. The highest BCUT2D eigenvalue weighted by atomic mass is 32.1. The minimum Gasteiger partial charge on any atom is -0.396 e. The molecular weight excluding hydrogens is 186 g/mol. The highest BCUT2D eigenvalue weighted by molar-refractivity contribution is 7.71. The Bertz CT molecular complexity index is 339. The van der Waals surface area contributed by atoms with Gasteiger partial charge in [0.15, 0.2) is 4.77 Å². The zero-order valence-corrected chi connectivity index (χ0v) is 8.18. The summed E-state index contributed by atoms with van der Waals surface area (Å²) in [6.45, 7) is 0.213. The zero-order chi connectivity index (χ0) is 9.26. The van der Waals surface area contributed by atoms with E-state index in [-0.39, 0.29) is 6.61 Å². The van der Waals surface area contributed by atoms with Gasteiger partial charge in [-0.05, 0) is 31.5 Å². The van der Waals surface area contributed by atoms with Crippen LogP contribution in [0.4, 0.5) is 0 Å². The number of nitrogens with zero attached hydrogens (tertiary/aromatic N) is 2. The molecule has 1 aromatic heterocycles. The average Bonchev–Trinajstić information content (AvgIpc) is 2.88. The van der Waals surface area contributed by atoms with Gasteiger partial charge in [-0.1, -0.05) is 0 Å². The summed E-state index contributed by atoms with van der Waals surface area (Å²) in [6.07, 6.45) is 3.98. The maximum atomic E-state index is 8.71. The molecule has 0 bridgehead atoms. The zero-order valence-electron chi connectivity index (χ0n) is 7.36. The van der Waals surface area contributed by atoms with Crippen LogP contribution in [-0.4, -0.2) is 26.5 Å². The first-order valence-electron chi connectivity index (χ1n) is 4.59. The molecule has 72 valence electrons. The maximum Gasteiger partial charge on any atom is 0.195 e. The second-order valence-corrected chi connectivity index (χ2v) is 3.76. The molecule has 1 fully saturated rings. The summed E-state index contributed by atoms with van der Waals surface area (Å²) < 4.78 is 2.81. The lowest BCUT2D eigenvalue weighted by Crippen LogP contribution is -2.02. The molecule has 1 aromatic rings. The van der Waals surface area contributed by atoms with Crippen LogP contribution in [0.25, 0.3) is 0 Å². The normalized spacial score (nSPS) is 16.4. The molecule has 0 atom stereocenters. The Hall–Kier alpha value is -0.680. The molecule has 2 rings (SSSR count). The van der Waals surface area contributed by atoms with Gasteiger partial charge in [0.2, 0.25) is 0 Å². The van der Waals surface area contributed by atoms with Crippen LogP contribution in [0, 0.1) is 4.77 Å². The first-order valence-corrected chi connectivity index (χ1v) is 5.00.